The van der Waals surface area contributed by atoms with Crippen LogP contribution < -0.4 is 4.90 Å². The van der Waals surface area contributed by atoms with E-state index in [-0.39, 0.29) is 5.41 Å². The van der Waals surface area contributed by atoms with Gasteiger partial charge in [-0.1, -0.05) is 42.3 Å². The molecule has 33 heavy (non-hydrogen) atoms. The van der Waals surface area contributed by atoms with E-state index < -0.39 is 0 Å². The topological polar surface area (TPSA) is 32.3 Å². The Balaban J connectivity index is 1.30. The van der Waals surface area contributed by atoms with Crippen LogP contribution in [0.1, 0.15) is 54.5 Å². The molecule has 0 radical (unpaired) electrons. The fourth-order valence-corrected chi connectivity index (χ4v) is 6.38. The Labute approximate surface area is 205 Å². The maximum Gasteiger partial charge on any atom is 0.140 e. The Kier molecular flexibility index (Phi) is 5.36. The molecular weight excluding hydrogens is 451 g/mol. The van der Waals surface area contributed by atoms with Crippen molar-refractivity contribution in [1.29, 1.82) is 0 Å². The van der Waals surface area contributed by atoms with Gasteiger partial charge in [0.1, 0.15) is 12.1 Å². The second-order valence-electron chi connectivity index (χ2n) is 9.93. The van der Waals surface area contributed by atoms with Gasteiger partial charge in [-0.25, -0.2) is 9.97 Å². The smallest absolute Gasteiger partial charge is 0.140 e. The molecule has 6 heteroatoms. The summed E-state index contributed by atoms with van der Waals surface area (Å²) in [5.74, 6) is 1.61. The lowest BCUT2D eigenvalue weighted by molar-refractivity contribution is 0.160. The Morgan fingerprint density at radius 3 is 2.55 bits per heavy atom. The van der Waals surface area contributed by atoms with Crippen LogP contribution in [0, 0.1) is 0 Å². The van der Waals surface area contributed by atoms with E-state index in [1.807, 2.05) is 18.2 Å². The summed E-state index contributed by atoms with van der Waals surface area (Å²) in [5.41, 5.74) is 6.65. The van der Waals surface area contributed by atoms with Crippen molar-refractivity contribution in [3.8, 4) is 0 Å². The Morgan fingerprint density at radius 1 is 1.00 bits per heavy atom. The number of hydrogen-bond acceptors (Lipinski definition) is 4. The first-order valence-electron chi connectivity index (χ1n) is 11.9. The van der Waals surface area contributed by atoms with E-state index in [0.717, 1.165) is 67.7 Å². The van der Waals surface area contributed by atoms with Crippen molar-refractivity contribution in [2.24, 2.45) is 0 Å². The highest BCUT2D eigenvalue weighted by molar-refractivity contribution is 6.31. The lowest BCUT2D eigenvalue weighted by Crippen LogP contribution is -2.44. The summed E-state index contributed by atoms with van der Waals surface area (Å²) in [6, 6.07) is 14.7. The molecule has 3 aromatic rings. The zero-order valence-corrected chi connectivity index (χ0v) is 20.4. The maximum atomic E-state index is 6.52. The molecule has 1 unspecified atom stereocenters. The average molecular weight is 479 g/mol. The molecule has 170 valence electrons. The summed E-state index contributed by atoms with van der Waals surface area (Å²) in [7, 11) is 0. The van der Waals surface area contributed by atoms with Gasteiger partial charge < -0.3 is 4.90 Å². The first kappa shape index (κ1) is 21.4. The van der Waals surface area contributed by atoms with Crippen LogP contribution in [-0.4, -0.2) is 34.5 Å². The number of nitrogens with zero attached hydrogens (tertiary/aromatic N) is 4. The van der Waals surface area contributed by atoms with Crippen molar-refractivity contribution in [3.63, 3.8) is 0 Å². The molecule has 1 saturated heterocycles. The van der Waals surface area contributed by atoms with Gasteiger partial charge in [0, 0.05) is 45.5 Å². The highest BCUT2D eigenvalue weighted by atomic mass is 35.5. The molecule has 0 N–H and O–H groups in total. The van der Waals surface area contributed by atoms with Crippen LogP contribution in [0.2, 0.25) is 10.0 Å². The largest absolute Gasteiger partial charge is 0.325 e. The highest BCUT2D eigenvalue weighted by Crippen LogP contribution is 2.52. The van der Waals surface area contributed by atoms with Gasteiger partial charge in [0.05, 0.1) is 0 Å². The van der Waals surface area contributed by atoms with E-state index in [4.69, 9.17) is 28.2 Å². The van der Waals surface area contributed by atoms with E-state index >= 15 is 0 Å². The summed E-state index contributed by atoms with van der Waals surface area (Å²) in [6.45, 7) is 6.38. The van der Waals surface area contributed by atoms with Gasteiger partial charge in [-0.15, -0.1) is 0 Å². The van der Waals surface area contributed by atoms with Crippen molar-refractivity contribution < 1.29 is 0 Å². The SMILES string of the molecule is CC1CCc2ncnc(N3CC4(CCN(Cc5ccc(Cl)cc5)CC4)c4cc(Cl)ccc43)c21. The maximum absolute atomic E-state index is 6.52. The number of anilines is 2. The van der Waals surface area contributed by atoms with Gasteiger partial charge in [0.25, 0.3) is 0 Å². The summed E-state index contributed by atoms with van der Waals surface area (Å²) >= 11 is 12.6. The number of benzene rings is 2. The number of aryl methyl sites for hydroxylation is 1. The molecular formula is C27H28Cl2N4. The monoisotopic (exact) mass is 478 g/mol. The molecule has 3 aliphatic rings. The van der Waals surface area contributed by atoms with Gasteiger partial charge in [-0.05, 0) is 86.1 Å². The minimum atomic E-state index is 0.108. The molecule has 3 heterocycles. The first-order chi connectivity index (χ1) is 16.0. The van der Waals surface area contributed by atoms with Crippen LogP contribution in [0.25, 0.3) is 0 Å². The number of rotatable bonds is 3. The van der Waals surface area contributed by atoms with Crippen LogP contribution in [0.5, 0.6) is 0 Å². The molecule has 1 aromatic heterocycles. The van der Waals surface area contributed by atoms with E-state index in [2.05, 4.69) is 46.0 Å². The minimum absolute atomic E-state index is 0.108. The van der Waals surface area contributed by atoms with Gasteiger partial charge in [0.15, 0.2) is 0 Å². The van der Waals surface area contributed by atoms with Crippen LogP contribution in [0.15, 0.2) is 48.8 Å². The molecule has 4 nitrogen and oxygen atoms in total. The van der Waals surface area contributed by atoms with Gasteiger partial charge in [0.2, 0.25) is 0 Å². The van der Waals surface area contributed by atoms with E-state index in [0.29, 0.717) is 5.92 Å². The van der Waals surface area contributed by atoms with Crippen LogP contribution in [0.3, 0.4) is 0 Å². The van der Waals surface area contributed by atoms with Crippen LogP contribution in [0.4, 0.5) is 11.5 Å². The van der Waals surface area contributed by atoms with Gasteiger partial charge in [-0.3, -0.25) is 4.90 Å². The lowest BCUT2D eigenvalue weighted by atomic mass is 9.74. The summed E-state index contributed by atoms with van der Waals surface area (Å²) < 4.78 is 0. The quantitative estimate of drug-likeness (QED) is 0.428. The summed E-state index contributed by atoms with van der Waals surface area (Å²) in [4.78, 5) is 14.4. The zero-order valence-electron chi connectivity index (χ0n) is 18.9. The normalized spacial score (nSPS) is 21.4. The Morgan fingerprint density at radius 2 is 1.76 bits per heavy atom. The molecule has 0 bridgehead atoms. The number of likely N-dealkylation sites (tertiary alicyclic amines) is 1. The summed E-state index contributed by atoms with van der Waals surface area (Å²) in [6.07, 6.45) is 6.20. The molecule has 1 spiro atoms. The molecule has 0 saturated carbocycles. The number of halogens is 2. The standard InChI is InChI=1S/C27H28Cl2N4/c1-18-2-8-23-25(18)26(31-17-30-23)33-16-27(22-14-21(29)7-9-24(22)33)10-12-32(13-11-27)15-19-3-5-20(28)6-4-19/h3-7,9,14,17-18H,2,8,10-13,15-16H2,1H3. The van der Waals surface area contributed by atoms with Crippen molar-refractivity contribution >= 4 is 34.7 Å². The van der Waals surface area contributed by atoms with E-state index in [9.17, 15) is 0 Å². The lowest BCUT2D eigenvalue weighted by Gasteiger charge is -2.40. The first-order valence-corrected chi connectivity index (χ1v) is 12.7. The molecule has 2 aromatic carbocycles. The second-order valence-corrected chi connectivity index (χ2v) is 10.8. The molecule has 2 aliphatic heterocycles. The number of aromatic nitrogens is 2. The second kappa shape index (κ2) is 8.26. The number of piperidine rings is 1. The third-order valence-electron chi connectivity index (χ3n) is 7.92. The number of fused-ring (bicyclic) bond motifs is 3. The van der Waals surface area contributed by atoms with Gasteiger partial charge >= 0.3 is 0 Å². The highest BCUT2D eigenvalue weighted by Gasteiger charge is 2.46. The predicted octanol–water partition coefficient (Wildman–Crippen LogP) is 6.52. The molecule has 1 fully saturated rings. The van der Waals surface area contributed by atoms with Gasteiger partial charge in [-0.2, -0.15) is 0 Å². The molecule has 1 aliphatic carbocycles. The minimum Gasteiger partial charge on any atom is -0.325 e. The Hall–Kier alpha value is -2.14. The predicted molar refractivity (Wildman–Crippen MR) is 135 cm³/mol. The van der Waals surface area contributed by atoms with E-state index in [1.165, 1.54) is 28.1 Å². The number of hydrogen-bond donors (Lipinski definition) is 0. The molecule has 6 rings (SSSR count). The third-order valence-corrected chi connectivity index (χ3v) is 8.41. The fraction of sp³-hybridized carbons (Fsp3) is 0.407. The molecule has 1 atom stereocenters. The average Bonchev–Trinajstić information content (AvgIpc) is 3.35. The van der Waals surface area contributed by atoms with E-state index in [1.54, 1.807) is 6.33 Å². The van der Waals surface area contributed by atoms with Crippen molar-refractivity contribution in [2.75, 3.05) is 24.5 Å². The summed E-state index contributed by atoms with van der Waals surface area (Å²) in [5, 5.41) is 1.61. The Bertz CT molecular complexity index is 1190. The zero-order chi connectivity index (χ0) is 22.6. The third kappa shape index (κ3) is 3.73. The van der Waals surface area contributed by atoms with Crippen molar-refractivity contribution in [1.82, 2.24) is 14.9 Å². The fourth-order valence-electron chi connectivity index (χ4n) is 6.08. The van der Waals surface area contributed by atoms with Crippen molar-refractivity contribution in [2.45, 2.75) is 50.5 Å². The van der Waals surface area contributed by atoms with Crippen LogP contribution in [-0.2, 0) is 18.4 Å². The van der Waals surface area contributed by atoms with Crippen molar-refractivity contribution in [3.05, 3.63) is 81.2 Å². The molecule has 0 amide bonds. The van der Waals surface area contributed by atoms with Crippen LogP contribution >= 0.6 is 23.2 Å².